The average Bonchev–Trinajstić information content (AvgIpc) is 2.07. The molecule has 1 saturated heterocycles. The first-order valence-electron chi connectivity index (χ1n) is 3.93. The highest BCUT2D eigenvalue weighted by molar-refractivity contribution is 7.99. The first kappa shape index (κ1) is 9.40. The first-order valence-corrected chi connectivity index (χ1v) is 5.62. The minimum atomic E-state index is -0.0625. The highest BCUT2D eigenvalue weighted by Crippen LogP contribution is 2.36. The Morgan fingerprint density at radius 2 is 2.09 bits per heavy atom. The van der Waals surface area contributed by atoms with Gasteiger partial charge in [-0.1, -0.05) is 0 Å². The van der Waals surface area contributed by atoms with E-state index in [4.69, 9.17) is 11.6 Å². The Labute approximate surface area is 76.9 Å². The lowest BCUT2D eigenvalue weighted by Crippen LogP contribution is -2.28. The molecule has 0 radical (unpaired) electrons. The van der Waals surface area contributed by atoms with Gasteiger partial charge in [0, 0.05) is 11.3 Å². The normalized spacial score (nSPS) is 23.0. The van der Waals surface area contributed by atoms with Gasteiger partial charge in [-0.3, -0.25) is 0 Å². The summed E-state index contributed by atoms with van der Waals surface area (Å²) in [7, 11) is 0. The number of aldehydes is 1. The van der Waals surface area contributed by atoms with Crippen LogP contribution in [0.15, 0.2) is 0 Å². The van der Waals surface area contributed by atoms with Gasteiger partial charge in [0.15, 0.2) is 0 Å². The van der Waals surface area contributed by atoms with Gasteiger partial charge < -0.3 is 4.79 Å². The summed E-state index contributed by atoms with van der Waals surface area (Å²) in [5, 5.41) is 0. The minimum absolute atomic E-state index is 0.0625. The van der Waals surface area contributed by atoms with Gasteiger partial charge in [0.05, 0.1) is 0 Å². The van der Waals surface area contributed by atoms with Crippen LogP contribution in [0.4, 0.5) is 0 Å². The monoisotopic (exact) mass is 192 g/mol. The van der Waals surface area contributed by atoms with Gasteiger partial charge in [0.25, 0.3) is 0 Å². The van der Waals surface area contributed by atoms with Crippen LogP contribution in [0.5, 0.6) is 0 Å². The lowest BCUT2D eigenvalue weighted by atomic mass is 9.81. The summed E-state index contributed by atoms with van der Waals surface area (Å²) in [5.41, 5.74) is -0.0625. The van der Waals surface area contributed by atoms with Crippen LogP contribution >= 0.6 is 23.4 Å². The van der Waals surface area contributed by atoms with E-state index in [-0.39, 0.29) is 5.41 Å². The maximum atomic E-state index is 10.8. The van der Waals surface area contributed by atoms with Gasteiger partial charge in [0.2, 0.25) is 0 Å². The van der Waals surface area contributed by atoms with Crippen LogP contribution < -0.4 is 0 Å². The number of thioether (sulfide) groups is 1. The topological polar surface area (TPSA) is 17.1 Å². The summed E-state index contributed by atoms with van der Waals surface area (Å²) in [6.45, 7) is 0. The molecule has 0 bridgehead atoms. The van der Waals surface area contributed by atoms with Crippen molar-refractivity contribution in [2.45, 2.75) is 19.3 Å². The molecule has 0 aliphatic carbocycles. The molecule has 1 nitrogen and oxygen atoms in total. The molecule has 0 unspecified atom stereocenters. The van der Waals surface area contributed by atoms with Crippen molar-refractivity contribution in [1.29, 1.82) is 0 Å². The molecule has 1 aliphatic heterocycles. The predicted octanol–water partition coefficient (Wildman–Crippen LogP) is 2.33. The second-order valence-electron chi connectivity index (χ2n) is 3.03. The third-order valence-electron chi connectivity index (χ3n) is 2.33. The van der Waals surface area contributed by atoms with Crippen LogP contribution in [0.3, 0.4) is 0 Å². The lowest BCUT2D eigenvalue weighted by molar-refractivity contribution is -0.116. The number of carbonyl (C=O) groups is 1. The second kappa shape index (κ2) is 4.36. The third kappa shape index (κ3) is 2.38. The molecule has 0 amide bonds. The van der Waals surface area contributed by atoms with Crippen LogP contribution in [0.2, 0.25) is 0 Å². The van der Waals surface area contributed by atoms with Crippen LogP contribution in [0.25, 0.3) is 0 Å². The van der Waals surface area contributed by atoms with Crippen molar-refractivity contribution in [1.82, 2.24) is 0 Å². The fourth-order valence-corrected chi connectivity index (χ4v) is 3.08. The van der Waals surface area contributed by atoms with Gasteiger partial charge in [-0.2, -0.15) is 11.8 Å². The van der Waals surface area contributed by atoms with Crippen LogP contribution in [0, 0.1) is 5.41 Å². The Bertz CT molecular complexity index is 127. The number of alkyl halides is 1. The molecule has 11 heavy (non-hydrogen) atoms. The zero-order valence-corrected chi connectivity index (χ0v) is 8.09. The SMILES string of the molecule is O=CC1(CCCl)CCSCC1. The molecule has 1 aliphatic rings. The van der Waals surface area contributed by atoms with Crippen molar-refractivity contribution >= 4 is 29.6 Å². The maximum Gasteiger partial charge on any atom is 0.126 e. The molecule has 0 N–H and O–H groups in total. The number of hydrogen-bond donors (Lipinski definition) is 0. The molecule has 64 valence electrons. The van der Waals surface area contributed by atoms with E-state index in [0.717, 1.165) is 37.1 Å². The number of carbonyl (C=O) groups excluding carboxylic acids is 1. The van der Waals surface area contributed by atoms with Crippen molar-refractivity contribution in [2.75, 3.05) is 17.4 Å². The standard InChI is InChI=1S/C8H13ClOS/c9-4-1-8(7-10)2-5-11-6-3-8/h7H,1-6H2. The highest BCUT2D eigenvalue weighted by Gasteiger charge is 2.30. The quantitative estimate of drug-likeness (QED) is 0.505. The Hall–Kier alpha value is 0.310. The molecule has 0 aromatic heterocycles. The van der Waals surface area contributed by atoms with Gasteiger partial charge >= 0.3 is 0 Å². The van der Waals surface area contributed by atoms with Gasteiger partial charge in [-0.25, -0.2) is 0 Å². The van der Waals surface area contributed by atoms with Crippen molar-refractivity contribution in [3.05, 3.63) is 0 Å². The number of hydrogen-bond acceptors (Lipinski definition) is 2. The molecular formula is C8H13ClOS. The summed E-state index contributed by atoms with van der Waals surface area (Å²) in [4.78, 5) is 10.8. The first-order chi connectivity index (χ1) is 5.33. The van der Waals surface area contributed by atoms with Crippen molar-refractivity contribution < 1.29 is 4.79 Å². The zero-order chi connectivity index (χ0) is 8.16. The molecular weight excluding hydrogens is 180 g/mol. The highest BCUT2D eigenvalue weighted by atomic mass is 35.5. The number of rotatable bonds is 3. The Morgan fingerprint density at radius 3 is 2.55 bits per heavy atom. The van der Waals surface area contributed by atoms with Crippen molar-refractivity contribution in [3.8, 4) is 0 Å². The molecule has 1 heterocycles. The van der Waals surface area contributed by atoms with E-state index >= 15 is 0 Å². The molecule has 1 rings (SSSR count). The molecule has 0 atom stereocenters. The van der Waals surface area contributed by atoms with E-state index < -0.39 is 0 Å². The second-order valence-corrected chi connectivity index (χ2v) is 4.63. The lowest BCUT2D eigenvalue weighted by Gasteiger charge is -2.30. The Morgan fingerprint density at radius 1 is 1.45 bits per heavy atom. The summed E-state index contributed by atoms with van der Waals surface area (Å²) in [5.74, 6) is 2.86. The molecule has 1 fully saturated rings. The van der Waals surface area contributed by atoms with E-state index in [1.807, 2.05) is 11.8 Å². The van der Waals surface area contributed by atoms with Gasteiger partial charge in [0.1, 0.15) is 6.29 Å². The fraction of sp³-hybridized carbons (Fsp3) is 0.875. The third-order valence-corrected chi connectivity index (χ3v) is 3.51. The van der Waals surface area contributed by atoms with Crippen molar-refractivity contribution in [2.24, 2.45) is 5.41 Å². The average molecular weight is 193 g/mol. The predicted molar refractivity (Wildman–Crippen MR) is 50.4 cm³/mol. The van der Waals surface area contributed by atoms with Crippen LogP contribution in [-0.4, -0.2) is 23.7 Å². The van der Waals surface area contributed by atoms with Crippen molar-refractivity contribution in [3.63, 3.8) is 0 Å². The van der Waals surface area contributed by atoms with E-state index in [2.05, 4.69) is 0 Å². The Balaban J connectivity index is 2.49. The molecule has 0 saturated carbocycles. The van der Waals surface area contributed by atoms with E-state index in [0.29, 0.717) is 5.88 Å². The van der Waals surface area contributed by atoms with E-state index in [1.165, 1.54) is 0 Å². The van der Waals surface area contributed by atoms with Crippen LogP contribution in [-0.2, 0) is 4.79 Å². The molecule has 0 aromatic rings. The summed E-state index contributed by atoms with van der Waals surface area (Å²) in [6, 6.07) is 0. The minimum Gasteiger partial charge on any atom is -0.303 e. The largest absolute Gasteiger partial charge is 0.303 e. The molecule has 0 aromatic carbocycles. The summed E-state index contributed by atoms with van der Waals surface area (Å²) < 4.78 is 0. The summed E-state index contributed by atoms with van der Waals surface area (Å²) >= 11 is 7.57. The van der Waals surface area contributed by atoms with Crippen LogP contribution in [0.1, 0.15) is 19.3 Å². The smallest absolute Gasteiger partial charge is 0.126 e. The van der Waals surface area contributed by atoms with Gasteiger partial charge in [-0.15, -0.1) is 11.6 Å². The Kier molecular flexibility index (Phi) is 3.73. The maximum absolute atomic E-state index is 10.8. The van der Waals surface area contributed by atoms with E-state index in [9.17, 15) is 4.79 Å². The van der Waals surface area contributed by atoms with Gasteiger partial charge in [-0.05, 0) is 30.8 Å². The molecule has 0 spiro atoms. The number of halogens is 1. The fourth-order valence-electron chi connectivity index (χ4n) is 1.39. The van der Waals surface area contributed by atoms with E-state index in [1.54, 1.807) is 0 Å². The zero-order valence-electron chi connectivity index (χ0n) is 6.51. The summed E-state index contributed by atoms with van der Waals surface area (Å²) in [6.07, 6.45) is 4.02. The molecule has 3 heteroatoms.